The maximum atomic E-state index is 9.35. The summed E-state index contributed by atoms with van der Waals surface area (Å²) in [6, 6.07) is 77.1. The van der Waals surface area contributed by atoms with E-state index in [1.807, 2.05) is 30.3 Å². The van der Waals surface area contributed by atoms with Crippen molar-refractivity contribution in [2.45, 2.75) is 0 Å². The minimum Gasteiger partial charge on any atom is -0.228 e. The number of nitriles is 1. The predicted molar refractivity (Wildman–Crippen MR) is 249 cm³/mol. The summed E-state index contributed by atoms with van der Waals surface area (Å²) in [5, 5.41) is 17.6. The van der Waals surface area contributed by atoms with E-state index in [4.69, 9.17) is 9.97 Å². The smallest absolute Gasteiger partial charge is 0.160 e. The monoisotopic (exact) mass is 761 g/mol. The molecule has 0 unspecified atom stereocenters. The van der Waals surface area contributed by atoms with Crippen molar-refractivity contribution in [1.82, 2.24) is 9.97 Å². The summed E-state index contributed by atoms with van der Waals surface area (Å²) in [5.74, 6) is 0.705. The van der Waals surface area contributed by atoms with Gasteiger partial charge in [0.15, 0.2) is 5.82 Å². The highest BCUT2D eigenvalue weighted by molar-refractivity contribution is 6.12. The van der Waals surface area contributed by atoms with Gasteiger partial charge in [0.2, 0.25) is 0 Å². The highest BCUT2D eigenvalue weighted by atomic mass is 14.9. The molecule has 0 N–H and O–H groups in total. The van der Waals surface area contributed by atoms with Gasteiger partial charge in [0.05, 0.1) is 22.8 Å². The zero-order valence-corrected chi connectivity index (χ0v) is 32.5. The average molecular weight is 762 g/mol. The van der Waals surface area contributed by atoms with Gasteiger partial charge in [0.1, 0.15) is 0 Å². The summed E-state index contributed by atoms with van der Waals surface area (Å²) in [6.07, 6.45) is 0. The Hall–Kier alpha value is -8.19. The molecule has 3 heteroatoms. The second kappa shape index (κ2) is 14.6. The maximum absolute atomic E-state index is 9.35. The third-order valence-electron chi connectivity index (χ3n) is 11.8. The van der Waals surface area contributed by atoms with Crippen LogP contribution in [0.1, 0.15) is 5.56 Å². The number of hydrogen-bond acceptors (Lipinski definition) is 3. The average Bonchev–Trinajstić information content (AvgIpc) is 3.33. The van der Waals surface area contributed by atoms with Crippen LogP contribution in [0.15, 0.2) is 212 Å². The summed E-state index contributed by atoms with van der Waals surface area (Å²) >= 11 is 0. The Morgan fingerprint density at radius 2 is 0.717 bits per heavy atom. The molecule has 0 fully saturated rings. The van der Waals surface area contributed by atoms with Crippen LogP contribution in [0, 0.1) is 11.3 Å². The minimum absolute atomic E-state index is 0.660. The summed E-state index contributed by atoms with van der Waals surface area (Å²) in [6.45, 7) is 0. The van der Waals surface area contributed by atoms with Gasteiger partial charge >= 0.3 is 0 Å². The molecule has 1 heterocycles. The van der Waals surface area contributed by atoms with E-state index in [-0.39, 0.29) is 0 Å². The number of para-hydroxylation sites is 1. The normalized spacial score (nSPS) is 11.3. The van der Waals surface area contributed by atoms with E-state index in [0.717, 1.165) is 44.4 Å². The summed E-state index contributed by atoms with van der Waals surface area (Å²) in [4.78, 5) is 10.3. The van der Waals surface area contributed by atoms with Gasteiger partial charge in [-0.1, -0.05) is 194 Å². The Labute approximate surface area is 348 Å². The Kier molecular flexibility index (Phi) is 8.54. The lowest BCUT2D eigenvalue weighted by atomic mass is 9.88. The van der Waals surface area contributed by atoms with Crippen LogP contribution in [0.2, 0.25) is 0 Å². The van der Waals surface area contributed by atoms with E-state index in [0.29, 0.717) is 11.4 Å². The summed E-state index contributed by atoms with van der Waals surface area (Å²) in [5.41, 5.74) is 13.8. The van der Waals surface area contributed by atoms with E-state index in [1.165, 1.54) is 60.1 Å². The number of aromatic nitrogens is 2. The third-order valence-corrected chi connectivity index (χ3v) is 11.8. The Bertz CT molecular complexity index is 3460. The topological polar surface area (TPSA) is 49.6 Å². The lowest BCUT2D eigenvalue weighted by Gasteiger charge is -2.16. The van der Waals surface area contributed by atoms with Crippen molar-refractivity contribution in [3.05, 3.63) is 218 Å². The fraction of sp³-hybridized carbons (Fsp3) is 0. The molecule has 1 aromatic heterocycles. The SMILES string of the molecule is N#Cc1ccc(-c2ccc(-c3ccc(-c4ccc(-c5nc(-c6ccc(-c7cccc8ccccc78)cc6)nc6ccccc56)cc4)c4ccccc34)c3ccccc23)cc1. The molecule has 3 nitrogen and oxygen atoms in total. The molecule has 10 aromatic carbocycles. The van der Waals surface area contributed by atoms with Crippen LogP contribution in [-0.2, 0) is 0 Å². The third kappa shape index (κ3) is 6.07. The standard InChI is InChI=1S/C57H35N3/c58-36-37-20-22-39(23-21-37)46-32-34-52(50-15-5-3-13-48(46)50)53-35-33-47(49-14-4-6-16-51(49)53)41-24-28-42(29-25-41)56-54-17-7-8-19-55(54)59-57(60-56)43-30-26-40(27-31-43)45-18-9-11-38-10-1-2-12-44(38)45/h1-35H. The zero-order valence-electron chi connectivity index (χ0n) is 32.5. The van der Waals surface area contributed by atoms with E-state index in [2.05, 4.69) is 188 Å². The fourth-order valence-corrected chi connectivity index (χ4v) is 8.81. The second-order valence-corrected chi connectivity index (χ2v) is 15.2. The first-order chi connectivity index (χ1) is 29.7. The Balaban J connectivity index is 0.955. The molecule has 60 heavy (non-hydrogen) atoms. The lowest BCUT2D eigenvalue weighted by Crippen LogP contribution is -1.95. The van der Waals surface area contributed by atoms with Crippen molar-refractivity contribution in [2.75, 3.05) is 0 Å². The minimum atomic E-state index is 0.660. The number of nitrogens with zero attached hydrogens (tertiary/aromatic N) is 3. The van der Waals surface area contributed by atoms with Crippen LogP contribution in [0.4, 0.5) is 0 Å². The van der Waals surface area contributed by atoms with Crippen LogP contribution in [0.25, 0.3) is 110 Å². The first-order valence-corrected chi connectivity index (χ1v) is 20.2. The molecule has 0 saturated heterocycles. The number of hydrogen-bond donors (Lipinski definition) is 0. The number of rotatable bonds is 6. The molecule has 0 aliphatic heterocycles. The van der Waals surface area contributed by atoms with Crippen LogP contribution >= 0.6 is 0 Å². The molecular formula is C57H35N3. The van der Waals surface area contributed by atoms with Gasteiger partial charge in [0, 0.05) is 16.5 Å². The zero-order chi connectivity index (χ0) is 40.0. The summed E-state index contributed by atoms with van der Waals surface area (Å²) in [7, 11) is 0. The molecule has 0 radical (unpaired) electrons. The van der Waals surface area contributed by atoms with Crippen LogP contribution in [-0.4, -0.2) is 9.97 Å². The van der Waals surface area contributed by atoms with E-state index < -0.39 is 0 Å². The van der Waals surface area contributed by atoms with Crippen molar-refractivity contribution < 1.29 is 0 Å². The molecule has 0 spiro atoms. The molecule has 0 aliphatic rings. The van der Waals surface area contributed by atoms with Gasteiger partial charge in [-0.2, -0.15) is 5.26 Å². The maximum Gasteiger partial charge on any atom is 0.160 e. The van der Waals surface area contributed by atoms with Gasteiger partial charge in [0.25, 0.3) is 0 Å². The van der Waals surface area contributed by atoms with E-state index >= 15 is 0 Å². The molecule has 0 saturated carbocycles. The second-order valence-electron chi connectivity index (χ2n) is 15.2. The van der Waals surface area contributed by atoms with Gasteiger partial charge in [-0.15, -0.1) is 0 Å². The van der Waals surface area contributed by atoms with Crippen molar-refractivity contribution in [3.63, 3.8) is 0 Å². The fourth-order valence-electron chi connectivity index (χ4n) is 8.81. The van der Waals surface area contributed by atoms with Gasteiger partial charge in [-0.05, 0) is 95.0 Å². The van der Waals surface area contributed by atoms with Gasteiger partial charge < -0.3 is 0 Å². The molecule has 278 valence electrons. The van der Waals surface area contributed by atoms with E-state index in [1.54, 1.807) is 0 Å². The van der Waals surface area contributed by atoms with Crippen LogP contribution in [0.5, 0.6) is 0 Å². The first-order valence-electron chi connectivity index (χ1n) is 20.2. The molecule has 11 aromatic rings. The predicted octanol–water partition coefficient (Wildman–Crippen LogP) is 15.0. The molecule has 11 rings (SSSR count). The van der Waals surface area contributed by atoms with Crippen LogP contribution in [0.3, 0.4) is 0 Å². The van der Waals surface area contributed by atoms with E-state index in [9.17, 15) is 5.26 Å². The number of fused-ring (bicyclic) bond motifs is 4. The Morgan fingerprint density at radius 3 is 1.30 bits per heavy atom. The molecule has 0 atom stereocenters. The largest absolute Gasteiger partial charge is 0.228 e. The molecular weight excluding hydrogens is 727 g/mol. The molecule has 0 bridgehead atoms. The van der Waals surface area contributed by atoms with Crippen molar-refractivity contribution in [1.29, 1.82) is 5.26 Å². The van der Waals surface area contributed by atoms with Crippen molar-refractivity contribution in [2.24, 2.45) is 0 Å². The van der Waals surface area contributed by atoms with Gasteiger partial charge in [-0.25, -0.2) is 9.97 Å². The van der Waals surface area contributed by atoms with Crippen LogP contribution < -0.4 is 0 Å². The van der Waals surface area contributed by atoms with Gasteiger partial charge in [-0.3, -0.25) is 0 Å². The molecule has 0 aliphatic carbocycles. The Morgan fingerprint density at radius 1 is 0.300 bits per heavy atom. The number of benzene rings is 10. The highest BCUT2D eigenvalue weighted by Crippen LogP contribution is 2.42. The summed E-state index contributed by atoms with van der Waals surface area (Å²) < 4.78 is 0. The highest BCUT2D eigenvalue weighted by Gasteiger charge is 2.16. The quantitative estimate of drug-likeness (QED) is 0.170. The lowest BCUT2D eigenvalue weighted by molar-refractivity contribution is 1.23. The van der Waals surface area contributed by atoms with Crippen molar-refractivity contribution in [3.8, 4) is 73.2 Å². The first kappa shape index (κ1) is 35.0. The van der Waals surface area contributed by atoms with Crippen molar-refractivity contribution >= 4 is 43.2 Å². The molecule has 0 amide bonds.